The molecule has 0 aromatic carbocycles. The lowest BCUT2D eigenvalue weighted by atomic mass is 9.95. The molecule has 3 heterocycles. The minimum atomic E-state index is 0.732. The highest BCUT2D eigenvalue weighted by Crippen LogP contribution is 2.27. The first kappa shape index (κ1) is 9.82. The molecular weight excluding hydrogens is 228 g/mol. The van der Waals surface area contributed by atoms with Crippen molar-refractivity contribution in [3.8, 4) is 11.5 Å². The molecule has 0 amide bonds. The monoisotopic (exact) mass is 240 g/mol. The molecule has 0 radical (unpaired) electrons. The summed E-state index contributed by atoms with van der Waals surface area (Å²) in [5.74, 6) is 0.750. The third-order valence-electron chi connectivity index (χ3n) is 3.50. The molecule has 1 aliphatic carbocycles. The van der Waals surface area contributed by atoms with Crippen LogP contribution in [0.3, 0.4) is 0 Å². The Balaban J connectivity index is 1.95. The quantitative estimate of drug-likeness (QED) is 0.709. The second-order valence-electron chi connectivity index (χ2n) is 4.62. The lowest BCUT2D eigenvalue weighted by Crippen LogP contribution is -2.05. The molecule has 4 rings (SSSR count). The van der Waals surface area contributed by atoms with Crippen molar-refractivity contribution >= 4 is 11.0 Å². The second kappa shape index (κ2) is 3.66. The molecule has 90 valence electrons. The number of H-pyrrole nitrogens is 1. The number of aromatic nitrogens is 4. The fraction of sp³-hybridized carbons (Fsp3) is 0.308. The van der Waals surface area contributed by atoms with Crippen LogP contribution in [0.1, 0.15) is 24.1 Å². The Hall–Kier alpha value is -2.17. The Bertz CT molecular complexity index is 699. The summed E-state index contributed by atoms with van der Waals surface area (Å²) in [5.41, 5.74) is 5.28. The zero-order valence-electron chi connectivity index (χ0n) is 9.81. The predicted octanol–water partition coefficient (Wildman–Crippen LogP) is 2.49. The van der Waals surface area contributed by atoms with Crippen LogP contribution >= 0.6 is 0 Å². The number of aryl methyl sites for hydroxylation is 2. The van der Waals surface area contributed by atoms with E-state index in [1.165, 1.54) is 24.1 Å². The molecule has 0 saturated heterocycles. The largest absolute Gasteiger partial charge is 0.364 e. The molecule has 0 aliphatic heterocycles. The van der Waals surface area contributed by atoms with Crippen molar-refractivity contribution in [2.24, 2.45) is 0 Å². The summed E-state index contributed by atoms with van der Waals surface area (Å²) < 4.78 is 4.85. The number of pyridine rings is 1. The average Bonchev–Trinajstić information content (AvgIpc) is 3.07. The number of hydrogen-bond donors (Lipinski definition) is 1. The van der Waals surface area contributed by atoms with Crippen LogP contribution in [-0.2, 0) is 12.8 Å². The third-order valence-corrected chi connectivity index (χ3v) is 3.50. The van der Waals surface area contributed by atoms with E-state index in [4.69, 9.17) is 4.52 Å². The van der Waals surface area contributed by atoms with E-state index in [0.717, 1.165) is 35.4 Å². The number of aromatic amines is 1. The summed E-state index contributed by atoms with van der Waals surface area (Å²) in [6, 6.07) is 1.80. The number of nitrogens with zero attached hydrogens (tertiary/aromatic N) is 3. The minimum absolute atomic E-state index is 0.732. The summed E-state index contributed by atoms with van der Waals surface area (Å²) in [4.78, 5) is 12.4. The van der Waals surface area contributed by atoms with E-state index in [1.54, 1.807) is 12.3 Å². The van der Waals surface area contributed by atoms with E-state index in [0.29, 0.717) is 0 Å². The fourth-order valence-corrected chi connectivity index (χ4v) is 2.61. The van der Waals surface area contributed by atoms with E-state index >= 15 is 0 Å². The lowest BCUT2D eigenvalue weighted by Gasteiger charge is -2.14. The van der Waals surface area contributed by atoms with Crippen LogP contribution in [0.4, 0.5) is 0 Å². The summed E-state index contributed by atoms with van der Waals surface area (Å²) in [6.07, 6.45) is 8.02. The van der Waals surface area contributed by atoms with E-state index in [2.05, 4.69) is 20.1 Å². The van der Waals surface area contributed by atoms with Crippen LogP contribution in [-0.4, -0.2) is 20.1 Å². The van der Waals surface area contributed by atoms with Gasteiger partial charge in [0.15, 0.2) is 5.82 Å². The molecule has 0 bridgehead atoms. The number of imidazole rings is 1. The highest BCUT2D eigenvalue weighted by atomic mass is 16.5. The Labute approximate surface area is 103 Å². The van der Waals surface area contributed by atoms with Crippen molar-refractivity contribution in [3.05, 3.63) is 29.8 Å². The van der Waals surface area contributed by atoms with Crippen molar-refractivity contribution < 1.29 is 4.52 Å². The van der Waals surface area contributed by atoms with Crippen molar-refractivity contribution in [1.29, 1.82) is 0 Å². The van der Waals surface area contributed by atoms with Crippen LogP contribution in [0.5, 0.6) is 0 Å². The molecule has 0 saturated carbocycles. The smallest absolute Gasteiger partial charge is 0.160 e. The molecule has 18 heavy (non-hydrogen) atoms. The maximum Gasteiger partial charge on any atom is 0.160 e. The van der Waals surface area contributed by atoms with Gasteiger partial charge in [0.25, 0.3) is 0 Å². The fourth-order valence-electron chi connectivity index (χ4n) is 2.61. The summed E-state index contributed by atoms with van der Waals surface area (Å²) in [6.45, 7) is 0. The standard InChI is InChI=1S/C13H12N4O/c1-2-4-9-8(3-1)12-11(7-14-9)15-13(16-12)10-5-6-18-17-10/h5-7H,1-4H2,(H,15,16). The van der Waals surface area contributed by atoms with Gasteiger partial charge in [-0.3, -0.25) is 4.98 Å². The van der Waals surface area contributed by atoms with Crippen molar-refractivity contribution in [2.75, 3.05) is 0 Å². The summed E-state index contributed by atoms with van der Waals surface area (Å²) in [7, 11) is 0. The molecule has 5 nitrogen and oxygen atoms in total. The number of hydrogen-bond acceptors (Lipinski definition) is 4. The van der Waals surface area contributed by atoms with E-state index in [1.807, 2.05) is 6.20 Å². The predicted molar refractivity (Wildman–Crippen MR) is 66.0 cm³/mol. The van der Waals surface area contributed by atoms with Gasteiger partial charge in [-0.2, -0.15) is 0 Å². The Morgan fingerprint density at radius 2 is 2.17 bits per heavy atom. The molecule has 0 fully saturated rings. The Morgan fingerprint density at radius 1 is 1.22 bits per heavy atom. The lowest BCUT2D eigenvalue weighted by molar-refractivity contribution is 0.422. The Kier molecular flexibility index (Phi) is 2.00. The van der Waals surface area contributed by atoms with Gasteiger partial charge >= 0.3 is 0 Å². The van der Waals surface area contributed by atoms with Gasteiger partial charge in [-0.05, 0) is 31.2 Å². The van der Waals surface area contributed by atoms with E-state index < -0.39 is 0 Å². The molecule has 0 atom stereocenters. The number of fused-ring (bicyclic) bond motifs is 3. The highest BCUT2D eigenvalue weighted by Gasteiger charge is 2.17. The first-order valence-electron chi connectivity index (χ1n) is 6.19. The topological polar surface area (TPSA) is 67.6 Å². The van der Waals surface area contributed by atoms with Gasteiger partial charge in [0.1, 0.15) is 17.5 Å². The molecule has 3 aromatic rings. The van der Waals surface area contributed by atoms with Gasteiger partial charge < -0.3 is 9.51 Å². The first-order valence-corrected chi connectivity index (χ1v) is 6.19. The summed E-state index contributed by atoms with van der Waals surface area (Å²) in [5, 5.41) is 3.90. The van der Waals surface area contributed by atoms with E-state index in [9.17, 15) is 0 Å². The average molecular weight is 240 g/mol. The molecule has 0 unspecified atom stereocenters. The molecule has 5 heteroatoms. The number of nitrogens with one attached hydrogen (secondary N) is 1. The SMILES string of the molecule is c1cc(-c2nc3cnc4c(c3[nH]2)CCCC4)no1. The zero-order chi connectivity index (χ0) is 11.9. The number of rotatable bonds is 1. The molecular formula is C13H12N4O. The molecule has 0 spiro atoms. The first-order chi connectivity index (χ1) is 8.92. The highest BCUT2D eigenvalue weighted by molar-refractivity contribution is 5.82. The van der Waals surface area contributed by atoms with Crippen LogP contribution in [0.25, 0.3) is 22.6 Å². The van der Waals surface area contributed by atoms with Crippen LogP contribution in [0, 0.1) is 0 Å². The van der Waals surface area contributed by atoms with Gasteiger partial charge in [0, 0.05) is 11.8 Å². The normalized spacial score (nSPS) is 14.9. The van der Waals surface area contributed by atoms with Crippen LogP contribution in [0.15, 0.2) is 23.0 Å². The maximum absolute atomic E-state index is 4.85. The Morgan fingerprint density at radius 3 is 3.06 bits per heavy atom. The third kappa shape index (κ3) is 1.37. The van der Waals surface area contributed by atoms with Gasteiger partial charge in [-0.15, -0.1) is 0 Å². The molecule has 1 N–H and O–H groups in total. The van der Waals surface area contributed by atoms with Gasteiger partial charge in [-0.1, -0.05) is 5.16 Å². The minimum Gasteiger partial charge on any atom is -0.364 e. The van der Waals surface area contributed by atoms with Crippen molar-refractivity contribution in [3.63, 3.8) is 0 Å². The molecule has 3 aromatic heterocycles. The van der Waals surface area contributed by atoms with Crippen molar-refractivity contribution in [2.45, 2.75) is 25.7 Å². The van der Waals surface area contributed by atoms with Crippen LogP contribution < -0.4 is 0 Å². The van der Waals surface area contributed by atoms with Gasteiger partial charge in [-0.25, -0.2) is 4.98 Å². The van der Waals surface area contributed by atoms with Gasteiger partial charge in [0.05, 0.1) is 11.7 Å². The zero-order valence-corrected chi connectivity index (χ0v) is 9.81. The van der Waals surface area contributed by atoms with Gasteiger partial charge in [0.2, 0.25) is 0 Å². The molecule has 1 aliphatic rings. The van der Waals surface area contributed by atoms with E-state index in [-0.39, 0.29) is 0 Å². The maximum atomic E-state index is 4.85. The van der Waals surface area contributed by atoms with Crippen LogP contribution in [0.2, 0.25) is 0 Å². The van der Waals surface area contributed by atoms with Crippen molar-refractivity contribution in [1.82, 2.24) is 20.1 Å². The second-order valence-corrected chi connectivity index (χ2v) is 4.62. The summed E-state index contributed by atoms with van der Waals surface area (Å²) >= 11 is 0.